The van der Waals surface area contributed by atoms with Crippen molar-refractivity contribution < 1.29 is 18.0 Å². The summed E-state index contributed by atoms with van der Waals surface area (Å²) in [5.41, 5.74) is -0.815. The minimum absolute atomic E-state index is 0.00753. The van der Waals surface area contributed by atoms with Crippen LogP contribution < -0.4 is 10.6 Å². The molecule has 0 aliphatic rings. The van der Waals surface area contributed by atoms with Gasteiger partial charge >= 0.3 is 6.18 Å². The van der Waals surface area contributed by atoms with Crippen molar-refractivity contribution in [2.75, 3.05) is 13.6 Å². The Morgan fingerprint density at radius 1 is 1.39 bits per heavy atom. The maximum absolute atomic E-state index is 12.5. The van der Waals surface area contributed by atoms with Gasteiger partial charge in [-0.1, -0.05) is 6.07 Å². The van der Waals surface area contributed by atoms with Crippen molar-refractivity contribution in [1.82, 2.24) is 10.6 Å². The Balaban J connectivity index is 2.75. The average molecular weight is 260 g/mol. The van der Waals surface area contributed by atoms with Crippen molar-refractivity contribution in [2.24, 2.45) is 0 Å². The van der Waals surface area contributed by atoms with Crippen molar-refractivity contribution in [3.05, 3.63) is 35.4 Å². The van der Waals surface area contributed by atoms with Gasteiger partial charge in [-0.25, -0.2) is 0 Å². The first-order valence-electron chi connectivity index (χ1n) is 5.47. The number of carbonyl (C=O) groups excluding carboxylic acids is 1. The van der Waals surface area contributed by atoms with Gasteiger partial charge in [0.05, 0.1) is 5.56 Å². The Morgan fingerprint density at radius 3 is 2.61 bits per heavy atom. The molecule has 1 amide bonds. The van der Waals surface area contributed by atoms with Gasteiger partial charge < -0.3 is 10.6 Å². The maximum atomic E-state index is 12.5. The molecule has 1 atom stereocenters. The monoisotopic (exact) mass is 260 g/mol. The summed E-state index contributed by atoms with van der Waals surface area (Å²) in [6.45, 7) is 2.21. The number of nitrogens with one attached hydrogen (secondary N) is 2. The largest absolute Gasteiger partial charge is 0.416 e. The van der Waals surface area contributed by atoms with Crippen LogP contribution in [0.3, 0.4) is 0 Å². The highest BCUT2D eigenvalue weighted by Gasteiger charge is 2.30. The predicted molar refractivity (Wildman–Crippen MR) is 62.3 cm³/mol. The Labute approximate surface area is 103 Å². The third kappa shape index (κ3) is 4.03. The molecule has 0 fully saturated rings. The summed E-state index contributed by atoms with van der Waals surface area (Å²) in [4.78, 5) is 11.6. The number of likely N-dealkylation sites (N-methyl/N-ethyl adjacent to an activating group) is 1. The summed E-state index contributed by atoms with van der Waals surface area (Å²) in [7, 11) is 1.74. The molecule has 0 aliphatic carbocycles. The second-order valence-corrected chi connectivity index (χ2v) is 3.98. The number of alkyl halides is 3. The fourth-order valence-corrected chi connectivity index (χ4v) is 1.29. The third-order valence-corrected chi connectivity index (χ3v) is 2.51. The van der Waals surface area contributed by atoms with Crippen LogP contribution in [-0.2, 0) is 6.18 Å². The molecule has 3 nitrogen and oxygen atoms in total. The zero-order valence-electron chi connectivity index (χ0n) is 10.1. The second kappa shape index (κ2) is 5.86. The topological polar surface area (TPSA) is 41.1 Å². The molecule has 1 rings (SSSR count). The molecule has 0 spiro atoms. The van der Waals surface area contributed by atoms with Crippen LogP contribution in [0, 0.1) is 0 Å². The standard InChI is InChI=1S/C12H15F3N2O/c1-8(16-2)7-17-11(18)9-4-3-5-10(6-9)12(13,14)15/h3-6,8,16H,7H2,1-2H3,(H,17,18). The Kier molecular flexibility index (Phi) is 4.72. The molecule has 0 radical (unpaired) electrons. The second-order valence-electron chi connectivity index (χ2n) is 3.98. The van der Waals surface area contributed by atoms with Gasteiger partial charge in [0.2, 0.25) is 0 Å². The minimum atomic E-state index is -4.44. The molecule has 1 aromatic carbocycles. The summed E-state index contributed by atoms with van der Waals surface area (Å²) in [5.74, 6) is -0.511. The van der Waals surface area contributed by atoms with Crippen molar-refractivity contribution in [3.63, 3.8) is 0 Å². The van der Waals surface area contributed by atoms with Gasteiger partial charge in [-0.2, -0.15) is 13.2 Å². The van der Waals surface area contributed by atoms with Gasteiger partial charge in [-0.3, -0.25) is 4.79 Å². The molecular formula is C12H15F3N2O. The molecule has 0 saturated carbocycles. The van der Waals surface area contributed by atoms with Gasteiger partial charge in [-0.15, -0.1) is 0 Å². The Morgan fingerprint density at radius 2 is 2.06 bits per heavy atom. The highest BCUT2D eigenvalue weighted by molar-refractivity contribution is 5.94. The lowest BCUT2D eigenvalue weighted by molar-refractivity contribution is -0.137. The molecule has 0 saturated heterocycles. The molecule has 2 N–H and O–H groups in total. The Hall–Kier alpha value is -1.56. The number of halogens is 3. The van der Waals surface area contributed by atoms with Crippen LogP contribution in [0.4, 0.5) is 13.2 Å². The van der Waals surface area contributed by atoms with E-state index in [0.29, 0.717) is 6.54 Å². The number of rotatable bonds is 4. The Bertz CT molecular complexity index is 418. The average Bonchev–Trinajstić information content (AvgIpc) is 2.34. The molecular weight excluding hydrogens is 245 g/mol. The molecule has 0 aromatic heterocycles. The predicted octanol–water partition coefficient (Wildman–Crippen LogP) is 2.04. The smallest absolute Gasteiger partial charge is 0.350 e. The van der Waals surface area contributed by atoms with Crippen LogP contribution in [0.5, 0.6) is 0 Å². The van der Waals surface area contributed by atoms with E-state index in [1.165, 1.54) is 12.1 Å². The summed E-state index contributed by atoms with van der Waals surface area (Å²) in [5, 5.41) is 5.47. The van der Waals surface area contributed by atoms with E-state index in [9.17, 15) is 18.0 Å². The van der Waals surface area contributed by atoms with Crippen LogP contribution in [0.15, 0.2) is 24.3 Å². The summed E-state index contributed by atoms with van der Waals surface area (Å²) >= 11 is 0. The van der Waals surface area contributed by atoms with E-state index in [4.69, 9.17) is 0 Å². The van der Waals surface area contributed by atoms with Crippen molar-refractivity contribution in [2.45, 2.75) is 19.1 Å². The van der Waals surface area contributed by atoms with Crippen LogP contribution in [0.25, 0.3) is 0 Å². The van der Waals surface area contributed by atoms with E-state index >= 15 is 0 Å². The van der Waals surface area contributed by atoms with E-state index in [2.05, 4.69) is 10.6 Å². The van der Waals surface area contributed by atoms with E-state index in [-0.39, 0.29) is 11.6 Å². The summed E-state index contributed by atoms with van der Waals surface area (Å²) in [6.07, 6.45) is -4.44. The van der Waals surface area contributed by atoms with E-state index in [0.717, 1.165) is 12.1 Å². The zero-order valence-corrected chi connectivity index (χ0v) is 10.1. The number of benzene rings is 1. The summed E-state index contributed by atoms with van der Waals surface area (Å²) in [6, 6.07) is 4.42. The number of hydrogen-bond acceptors (Lipinski definition) is 2. The lowest BCUT2D eigenvalue weighted by atomic mass is 10.1. The van der Waals surface area contributed by atoms with E-state index in [1.54, 1.807) is 7.05 Å². The molecule has 0 heterocycles. The lowest BCUT2D eigenvalue weighted by Gasteiger charge is -2.12. The normalized spacial score (nSPS) is 13.2. The lowest BCUT2D eigenvalue weighted by Crippen LogP contribution is -2.37. The van der Waals surface area contributed by atoms with Crippen molar-refractivity contribution in [3.8, 4) is 0 Å². The van der Waals surface area contributed by atoms with E-state index < -0.39 is 17.6 Å². The first kappa shape index (κ1) is 14.5. The fraction of sp³-hybridized carbons (Fsp3) is 0.417. The third-order valence-electron chi connectivity index (χ3n) is 2.51. The highest BCUT2D eigenvalue weighted by atomic mass is 19.4. The first-order valence-corrected chi connectivity index (χ1v) is 5.47. The van der Waals surface area contributed by atoms with Crippen molar-refractivity contribution >= 4 is 5.91 Å². The van der Waals surface area contributed by atoms with Crippen LogP contribution >= 0.6 is 0 Å². The summed E-state index contributed by atoms with van der Waals surface area (Å²) < 4.78 is 37.4. The van der Waals surface area contributed by atoms with Gasteiger partial charge in [0.1, 0.15) is 0 Å². The van der Waals surface area contributed by atoms with E-state index in [1.807, 2.05) is 6.92 Å². The minimum Gasteiger partial charge on any atom is -0.350 e. The molecule has 100 valence electrons. The van der Waals surface area contributed by atoms with Crippen LogP contribution in [-0.4, -0.2) is 25.5 Å². The first-order chi connectivity index (χ1) is 8.34. The number of carbonyl (C=O) groups is 1. The molecule has 1 aromatic rings. The van der Waals surface area contributed by atoms with Crippen LogP contribution in [0.1, 0.15) is 22.8 Å². The maximum Gasteiger partial charge on any atom is 0.416 e. The SMILES string of the molecule is CNC(C)CNC(=O)c1cccc(C(F)(F)F)c1. The van der Waals surface area contributed by atoms with Gasteiger partial charge in [0, 0.05) is 18.2 Å². The molecule has 1 unspecified atom stereocenters. The molecule has 0 bridgehead atoms. The number of hydrogen-bond donors (Lipinski definition) is 2. The molecule has 18 heavy (non-hydrogen) atoms. The van der Waals surface area contributed by atoms with Gasteiger partial charge in [-0.05, 0) is 32.2 Å². The van der Waals surface area contributed by atoms with Gasteiger partial charge in [0.25, 0.3) is 5.91 Å². The molecule has 6 heteroatoms. The quantitative estimate of drug-likeness (QED) is 0.870. The van der Waals surface area contributed by atoms with Gasteiger partial charge in [0.15, 0.2) is 0 Å². The number of amides is 1. The fourth-order valence-electron chi connectivity index (χ4n) is 1.29. The molecule has 0 aliphatic heterocycles. The van der Waals surface area contributed by atoms with Crippen LogP contribution in [0.2, 0.25) is 0 Å². The zero-order chi connectivity index (χ0) is 13.8. The van der Waals surface area contributed by atoms with Crippen molar-refractivity contribution in [1.29, 1.82) is 0 Å². The highest BCUT2D eigenvalue weighted by Crippen LogP contribution is 2.29.